The molecule has 3 N–H and O–H groups in total. The topological polar surface area (TPSA) is 237 Å². The number of hydrogen-bond acceptors (Lipinski definition) is 15. The highest BCUT2D eigenvalue weighted by Gasteiger charge is 2.30. The number of carbonyl (C=O) groups excluding carboxylic acids is 4. The van der Waals surface area contributed by atoms with Crippen LogP contribution < -0.4 is 0 Å². The van der Waals surface area contributed by atoms with Crippen LogP contribution in [0.25, 0.3) is 0 Å². The van der Waals surface area contributed by atoms with Gasteiger partial charge < -0.3 is 33.8 Å². The second kappa shape index (κ2) is 65.7. The first-order valence-electron chi connectivity index (χ1n) is 37.3. The van der Waals surface area contributed by atoms with Crippen molar-refractivity contribution in [2.45, 2.75) is 393 Å². The van der Waals surface area contributed by atoms with Crippen LogP contribution in [-0.2, 0) is 65.4 Å². The number of unbranched alkanes of at least 4 members (excludes halogenated alkanes) is 46. The molecule has 0 amide bonds. The summed E-state index contributed by atoms with van der Waals surface area (Å²) in [5.41, 5.74) is 0. The van der Waals surface area contributed by atoms with E-state index < -0.39 is 97.5 Å². The summed E-state index contributed by atoms with van der Waals surface area (Å²) in [6, 6.07) is 0. The van der Waals surface area contributed by atoms with Crippen LogP contribution in [0.2, 0.25) is 0 Å². The molecule has 19 heteroatoms. The number of aliphatic hydroxyl groups is 1. The van der Waals surface area contributed by atoms with Crippen molar-refractivity contribution in [2.75, 3.05) is 39.6 Å². The van der Waals surface area contributed by atoms with Gasteiger partial charge in [0.2, 0.25) is 0 Å². The summed E-state index contributed by atoms with van der Waals surface area (Å²) in [4.78, 5) is 72.4. The Morgan fingerprint density at radius 1 is 0.267 bits per heavy atom. The molecule has 0 aromatic rings. The van der Waals surface area contributed by atoms with Crippen LogP contribution in [0.1, 0.15) is 374 Å². The van der Waals surface area contributed by atoms with Crippen LogP contribution in [0.3, 0.4) is 0 Å². The quantitative estimate of drug-likeness (QED) is 0.0222. The molecule has 5 atom stereocenters. The van der Waals surface area contributed by atoms with Gasteiger partial charge in [-0.05, 0) is 25.7 Å². The van der Waals surface area contributed by atoms with E-state index in [0.29, 0.717) is 25.7 Å². The van der Waals surface area contributed by atoms with E-state index in [0.717, 1.165) is 89.9 Å². The number of ether oxygens (including phenoxy) is 4. The lowest BCUT2D eigenvalue weighted by molar-refractivity contribution is -0.161. The summed E-state index contributed by atoms with van der Waals surface area (Å²) in [5.74, 6) is -2.12. The summed E-state index contributed by atoms with van der Waals surface area (Å²) in [5, 5.41) is 10.6. The second-order valence-electron chi connectivity index (χ2n) is 25.6. The number of hydrogen-bond donors (Lipinski definition) is 3. The molecule has 0 saturated heterocycles. The maximum Gasteiger partial charge on any atom is 0.472 e. The SMILES string of the molecule is CCCCCCCCCCCCCCCCCCCCCCCC(=O)O[C@H](COC(=O)CCCCCCCCCCCCC)COP(=O)(O)OC[C@@H](O)COP(=O)(O)OC[C@@H](COC(=O)CCCCCCCCCCC)OC(=O)CCCCCCCCCCC. The van der Waals surface area contributed by atoms with Gasteiger partial charge in [-0.1, -0.05) is 323 Å². The fraction of sp³-hybridized carbons (Fsp3) is 0.944. The van der Waals surface area contributed by atoms with Crippen molar-refractivity contribution in [2.24, 2.45) is 0 Å². The Kier molecular flexibility index (Phi) is 64.3. The third-order valence-corrected chi connectivity index (χ3v) is 18.5. The Balaban J connectivity index is 5.13. The Hall–Kier alpha value is -1.94. The zero-order valence-electron chi connectivity index (χ0n) is 58.1. The molecule has 17 nitrogen and oxygen atoms in total. The van der Waals surface area contributed by atoms with Crippen LogP contribution in [0.5, 0.6) is 0 Å². The van der Waals surface area contributed by atoms with Gasteiger partial charge in [-0.2, -0.15) is 0 Å². The Morgan fingerprint density at radius 3 is 0.656 bits per heavy atom. The lowest BCUT2D eigenvalue weighted by Gasteiger charge is -2.21. The van der Waals surface area contributed by atoms with Crippen LogP contribution in [-0.4, -0.2) is 96.7 Å². The molecule has 0 saturated carbocycles. The molecule has 0 fully saturated rings. The monoisotopic (exact) mass is 1320 g/mol. The minimum Gasteiger partial charge on any atom is -0.462 e. The molecule has 0 heterocycles. The number of esters is 4. The largest absolute Gasteiger partial charge is 0.472 e. The van der Waals surface area contributed by atoms with Crippen molar-refractivity contribution < 1.29 is 80.2 Å². The van der Waals surface area contributed by atoms with E-state index in [-0.39, 0.29) is 25.7 Å². The van der Waals surface area contributed by atoms with Crippen LogP contribution in [0, 0.1) is 0 Å². The van der Waals surface area contributed by atoms with Gasteiger partial charge >= 0.3 is 39.5 Å². The average Bonchev–Trinajstić information content (AvgIpc) is 3.20. The maximum atomic E-state index is 13.0. The van der Waals surface area contributed by atoms with Crippen molar-refractivity contribution in [1.29, 1.82) is 0 Å². The Bertz CT molecular complexity index is 1720. The van der Waals surface area contributed by atoms with Gasteiger partial charge in [-0.3, -0.25) is 37.3 Å². The minimum atomic E-state index is -4.95. The van der Waals surface area contributed by atoms with Gasteiger partial charge in [0, 0.05) is 25.7 Å². The van der Waals surface area contributed by atoms with E-state index in [1.165, 1.54) is 205 Å². The second-order valence-corrected chi connectivity index (χ2v) is 28.5. The molecular formula is C71H138O17P2. The zero-order valence-corrected chi connectivity index (χ0v) is 59.9. The molecule has 0 aromatic carbocycles. The standard InChI is InChI=1S/C71H138O17P2/c1-5-9-13-17-21-25-27-28-29-30-31-32-33-34-35-36-38-42-46-50-54-58-71(76)88-67(62-82-69(74)56-52-48-44-41-37-26-22-18-14-10-6-2)64-86-90(79,80)84-60-65(72)59-83-89(77,78)85-63-66(87-70(75)57-53-49-45-40-24-20-16-12-8-4)61-81-68(73)55-51-47-43-39-23-19-15-11-7-3/h65-67,72H,5-64H2,1-4H3,(H,77,78)(H,79,80)/t65-,66+,67+/m0/s1. The van der Waals surface area contributed by atoms with Gasteiger partial charge in [0.1, 0.15) is 19.3 Å². The van der Waals surface area contributed by atoms with E-state index in [4.69, 9.17) is 37.0 Å². The first-order chi connectivity index (χ1) is 43.7. The smallest absolute Gasteiger partial charge is 0.462 e. The highest BCUT2D eigenvalue weighted by Crippen LogP contribution is 2.45. The molecule has 90 heavy (non-hydrogen) atoms. The molecule has 2 unspecified atom stereocenters. The van der Waals surface area contributed by atoms with Crippen molar-refractivity contribution in [3.05, 3.63) is 0 Å². The highest BCUT2D eigenvalue weighted by atomic mass is 31.2. The van der Waals surface area contributed by atoms with Crippen molar-refractivity contribution in [1.82, 2.24) is 0 Å². The first-order valence-corrected chi connectivity index (χ1v) is 40.3. The van der Waals surface area contributed by atoms with E-state index >= 15 is 0 Å². The van der Waals surface area contributed by atoms with Gasteiger partial charge in [0.05, 0.1) is 26.4 Å². The number of carbonyl (C=O) groups is 4. The van der Waals surface area contributed by atoms with Crippen molar-refractivity contribution in [3.8, 4) is 0 Å². The molecule has 0 bridgehead atoms. The molecule has 534 valence electrons. The Labute approximate surface area is 549 Å². The van der Waals surface area contributed by atoms with Crippen molar-refractivity contribution in [3.63, 3.8) is 0 Å². The molecule has 0 aliphatic heterocycles. The van der Waals surface area contributed by atoms with Gasteiger partial charge in [0.15, 0.2) is 12.2 Å². The maximum absolute atomic E-state index is 13.0. The summed E-state index contributed by atoms with van der Waals surface area (Å²) < 4.78 is 68.2. The molecule has 0 aliphatic rings. The highest BCUT2D eigenvalue weighted by molar-refractivity contribution is 7.47. The van der Waals surface area contributed by atoms with Gasteiger partial charge in [-0.25, -0.2) is 9.13 Å². The first kappa shape index (κ1) is 88.1. The van der Waals surface area contributed by atoms with E-state index in [1.807, 2.05) is 0 Å². The molecular weight excluding hydrogens is 1190 g/mol. The fourth-order valence-electron chi connectivity index (χ4n) is 10.9. The average molecular weight is 1330 g/mol. The number of phosphoric ester groups is 2. The van der Waals surface area contributed by atoms with E-state index in [9.17, 15) is 43.2 Å². The molecule has 0 radical (unpaired) electrons. The van der Waals surface area contributed by atoms with Gasteiger partial charge in [-0.15, -0.1) is 0 Å². The summed E-state index contributed by atoms with van der Waals surface area (Å²) >= 11 is 0. The molecule has 0 spiro atoms. The van der Waals surface area contributed by atoms with E-state index in [2.05, 4.69) is 27.7 Å². The fourth-order valence-corrected chi connectivity index (χ4v) is 12.4. The summed E-state index contributed by atoms with van der Waals surface area (Å²) in [6.07, 6.45) is 54.2. The predicted octanol–water partition coefficient (Wildman–Crippen LogP) is 20.7. The number of rotatable bonds is 72. The van der Waals surface area contributed by atoms with Crippen LogP contribution in [0.15, 0.2) is 0 Å². The predicted molar refractivity (Wildman–Crippen MR) is 363 cm³/mol. The lowest BCUT2D eigenvalue weighted by atomic mass is 10.0. The van der Waals surface area contributed by atoms with E-state index in [1.54, 1.807) is 0 Å². The lowest BCUT2D eigenvalue weighted by Crippen LogP contribution is -2.30. The number of phosphoric acid groups is 2. The summed E-state index contributed by atoms with van der Waals surface area (Å²) in [7, 11) is -9.89. The van der Waals surface area contributed by atoms with Gasteiger partial charge in [0.25, 0.3) is 0 Å². The third-order valence-electron chi connectivity index (χ3n) is 16.6. The van der Waals surface area contributed by atoms with Crippen molar-refractivity contribution >= 4 is 39.5 Å². The third kappa shape index (κ3) is 64.8. The normalized spacial score (nSPS) is 14.0. The number of aliphatic hydroxyl groups excluding tert-OH is 1. The van der Waals surface area contributed by atoms with Crippen LogP contribution >= 0.6 is 15.6 Å². The molecule has 0 rings (SSSR count). The molecule has 0 aromatic heterocycles. The minimum absolute atomic E-state index is 0.106. The Morgan fingerprint density at radius 2 is 0.444 bits per heavy atom. The molecule has 0 aliphatic carbocycles. The summed E-state index contributed by atoms with van der Waals surface area (Å²) in [6.45, 7) is 4.91. The zero-order chi connectivity index (χ0) is 66.1. The van der Waals surface area contributed by atoms with Crippen LogP contribution in [0.4, 0.5) is 0 Å².